The zero-order valence-electron chi connectivity index (χ0n) is 26.6. The van der Waals surface area contributed by atoms with Crippen LogP contribution in [0.15, 0.2) is 127 Å². The summed E-state index contributed by atoms with van der Waals surface area (Å²) >= 11 is 0. The minimum absolute atomic E-state index is 0.146. The smallest absolute Gasteiger partial charge is 0.320 e. The number of rotatable bonds is 6. The first-order valence-corrected chi connectivity index (χ1v) is 14.6. The highest BCUT2D eigenvalue weighted by Crippen LogP contribution is 2.16. The molecule has 260 valence electrons. The van der Waals surface area contributed by atoms with Crippen LogP contribution in [0.4, 0.5) is 17.1 Å². The Morgan fingerprint density at radius 3 is 1.31 bits per heavy atom. The van der Waals surface area contributed by atoms with Gasteiger partial charge >= 0.3 is 11.9 Å². The first kappa shape index (κ1) is 40.6. The third-order valence-corrected chi connectivity index (χ3v) is 6.02. The number of aliphatic carboxylic acids is 2. The topological polar surface area (TPSA) is 286 Å². The van der Waals surface area contributed by atoms with Crippen LogP contribution >= 0.6 is 0 Å². The number of nitrogens with two attached hydrogens (primary N) is 5. The number of phenols is 4. The van der Waals surface area contributed by atoms with E-state index >= 15 is 0 Å². The van der Waals surface area contributed by atoms with E-state index in [2.05, 4.69) is 0 Å². The summed E-state index contributed by atoms with van der Waals surface area (Å²) in [5, 5.41) is 52.2. The molecule has 0 aliphatic rings. The monoisotopic (exact) mass is 673 g/mol. The molecule has 0 heterocycles. The molecule has 0 amide bonds. The molecule has 0 saturated carbocycles. The van der Waals surface area contributed by atoms with Gasteiger partial charge in [0, 0.05) is 17.4 Å². The summed E-state index contributed by atoms with van der Waals surface area (Å²) in [6.07, 6.45) is 0.659. The van der Waals surface area contributed by atoms with Gasteiger partial charge in [0.15, 0.2) is 0 Å². The predicted molar refractivity (Wildman–Crippen MR) is 191 cm³/mol. The Kier molecular flexibility index (Phi) is 18.3. The van der Waals surface area contributed by atoms with E-state index in [0.29, 0.717) is 23.5 Å². The van der Waals surface area contributed by atoms with E-state index in [1.54, 1.807) is 78.9 Å². The quantitative estimate of drug-likeness (QED) is 0.0693. The van der Waals surface area contributed by atoms with Crippen molar-refractivity contribution in [3.05, 3.63) is 139 Å². The summed E-state index contributed by atoms with van der Waals surface area (Å²) in [5.74, 6) is -1.21. The number of hydrogen-bond acceptors (Lipinski definition) is 11. The lowest BCUT2D eigenvalue weighted by Gasteiger charge is -2.05. The van der Waals surface area contributed by atoms with Gasteiger partial charge in [0.25, 0.3) is 0 Å². The van der Waals surface area contributed by atoms with Crippen molar-refractivity contribution < 1.29 is 40.2 Å². The van der Waals surface area contributed by atoms with Gasteiger partial charge in [0.1, 0.15) is 35.1 Å². The van der Waals surface area contributed by atoms with Gasteiger partial charge in [-0.1, -0.05) is 60.7 Å². The van der Waals surface area contributed by atoms with Crippen LogP contribution in [-0.4, -0.2) is 54.7 Å². The van der Waals surface area contributed by atoms with Crippen LogP contribution in [-0.2, 0) is 22.4 Å². The standard InChI is InChI=1S/C9H11NO3.C9H11NO2.3C6H7NO/c10-8(9(12)13)5-6-1-3-7(11)4-2-6;10-8(9(11)12)6-7-4-2-1-3-5-7;7-5-1-3-6(8)4-2-5;7-5-2-1-3-6(8)4-5;7-5-3-1-2-4-6(5)8/h1-4,8,11H,5,10H2,(H,12,13);1-5,8H,6,10H2,(H,11,12);3*1-4,8H,7H2/t2*8-;;;/m00.../s1. The van der Waals surface area contributed by atoms with E-state index in [0.717, 1.165) is 11.1 Å². The molecule has 5 aromatic rings. The lowest BCUT2D eigenvalue weighted by atomic mass is 10.1. The van der Waals surface area contributed by atoms with E-state index in [4.69, 9.17) is 59.3 Å². The second-order valence-electron chi connectivity index (χ2n) is 10.2. The molecule has 16 N–H and O–H groups in total. The minimum atomic E-state index is -1.02. The first-order chi connectivity index (χ1) is 23.2. The molecular formula is C36H43N5O8. The normalized spacial score (nSPS) is 10.7. The van der Waals surface area contributed by atoms with Crippen LogP contribution in [0.25, 0.3) is 0 Å². The molecule has 13 heteroatoms. The van der Waals surface area contributed by atoms with Crippen molar-refractivity contribution in [2.75, 3.05) is 17.2 Å². The van der Waals surface area contributed by atoms with Crippen LogP contribution in [0.2, 0.25) is 0 Å². The van der Waals surface area contributed by atoms with Gasteiger partial charge in [-0.25, -0.2) is 0 Å². The Bertz CT molecular complexity index is 1610. The number of benzene rings is 5. The molecule has 0 saturated heterocycles. The number of nitrogen functional groups attached to an aromatic ring is 3. The number of hydrogen-bond donors (Lipinski definition) is 11. The van der Waals surface area contributed by atoms with E-state index in [9.17, 15) is 9.59 Å². The first-order valence-electron chi connectivity index (χ1n) is 14.6. The maximum atomic E-state index is 10.4. The Balaban J connectivity index is 0.000000311. The Morgan fingerprint density at radius 2 is 0.939 bits per heavy atom. The highest BCUT2D eigenvalue weighted by molar-refractivity contribution is 5.74. The van der Waals surface area contributed by atoms with Gasteiger partial charge < -0.3 is 59.3 Å². The van der Waals surface area contributed by atoms with Gasteiger partial charge in [0.05, 0.1) is 5.69 Å². The molecule has 0 aliphatic carbocycles. The average Bonchev–Trinajstić information content (AvgIpc) is 3.06. The summed E-state index contributed by atoms with van der Waals surface area (Å²) in [7, 11) is 0. The molecule has 13 nitrogen and oxygen atoms in total. The molecule has 0 unspecified atom stereocenters. The number of carbonyl (C=O) groups is 2. The maximum Gasteiger partial charge on any atom is 0.320 e. The fourth-order valence-corrected chi connectivity index (χ4v) is 3.42. The summed E-state index contributed by atoms with van der Waals surface area (Å²) < 4.78 is 0. The molecule has 2 atom stereocenters. The van der Waals surface area contributed by atoms with Gasteiger partial charge in [-0.15, -0.1) is 0 Å². The molecule has 0 aliphatic heterocycles. The second kappa shape index (κ2) is 22.1. The summed E-state index contributed by atoms with van der Waals surface area (Å²) in [6.45, 7) is 0. The van der Waals surface area contributed by atoms with Crippen molar-refractivity contribution in [2.45, 2.75) is 24.9 Å². The fraction of sp³-hybridized carbons (Fsp3) is 0.111. The molecule has 0 radical (unpaired) electrons. The fourth-order valence-electron chi connectivity index (χ4n) is 3.42. The maximum absolute atomic E-state index is 10.4. The van der Waals surface area contributed by atoms with Gasteiger partial charge in [-0.2, -0.15) is 0 Å². The zero-order valence-corrected chi connectivity index (χ0v) is 26.6. The van der Waals surface area contributed by atoms with Gasteiger partial charge in [-0.05, 0) is 84.6 Å². The molecule has 0 fully saturated rings. The number of aromatic hydroxyl groups is 4. The number of carboxylic acids is 2. The molecule has 49 heavy (non-hydrogen) atoms. The van der Waals surface area contributed by atoms with Crippen LogP contribution in [0.3, 0.4) is 0 Å². The zero-order chi connectivity index (χ0) is 36.8. The number of anilines is 3. The number of phenolic OH excluding ortho intramolecular Hbond substituents is 4. The van der Waals surface area contributed by atoms with E-state index < -0.39 is 24.0 Å². The van der Waals surface area contributed by atoms with E-state index in [1.165, 1.54) is 18.2 Å². The van der Waals surface area contributed by atoms with Crippen molar-refractivity contribution in [3.63, 3.8) is 0 Å². The molecule has 0 spiro atoms. The largest absolute Gasteiger partial charge is 0.508 e. The highest BCUT2D eigenvalue weighted by atomic mass is 16.4. The third-order valence-electron chi connectivity index (χ3n) is 6.02. The van der Waals surface area contributed by atoms with Crippen molar-refractivity contribution in [1.29, 1.82) is 0 Å². The summed E-state index contributed by atoms with van der Waals surface area (Å²) in [4.78, 5) is 20.8. The summed E-state index contributed by atoms with van der Waals surface area (Å²) in [5.41, 5.74) is 30.0. The van der Waals surface area contributed by atoms with Crippen LogP contribution in [0.1, 0.15) is 11.1 Å². The number of para-hydroxylation sites is 2. The van der Waals surface area contributed by atoms with Crippen LogP contribution in [0.5, 0.6) is 23.0 Å². The third kappa shape index (κ3) is 19.0. The molecule has 5 rings (SSSR count). The molecular weight excluding hydrogens is 630 g/mol. The van der Waals surface area contributed by atoms with Crippen molar-refractivity contribution in [3.8, 4) is 23.0 Å². The SMILES string of the molecule is N[C@@H](Cc1ccc(O)cc1)C(=O)O.N[C@@H](Cc1ccccc1)C(=O)O.Nc1ccc(O)cc1.Nc1cccc(O)c1.Nc1ccccc1O. The Morgan fingerprint density at radius 1 is 0.490 bits per heavy atom. The summed E-state index contributed by atoms with van der Waals surface area (Å²) in [6, 6.07) is 33.6. The van der Waals surface area contributed by atoms with Gasteiger partial charge in [0.2, 0.25) is 0 Å². The predicted octanol–water partition coefficient (Wildman–Crippen LogP) is 3.91. The molecule has 0 aromatic heterocycles. The second-order valence-corrected chi connectivity index (χ2v) is 10.2. The van der Waals surface area contributed by atoms with Crippen LogP contribution in [0, 0.1) is 0 Å². The van der Waals surface area contributed by atoms with Crippen molar-refractivity contribution in [2.24, 2.45) is 11.5 Å². The van der Waals surface area contributed by atoms with Crippen molar-refractivity contribution in [1.82, 2.24) is 0 Å². The Hall–Kier alpha value is -6.44. The highest BCUT2D eigenvalue weighted by Gasteiger charge is 2.12. The van der Waals surface area contributed by atoms with Crippen molar-refractivity contribution >= 4 is 29.0 Å². The number of carboxylic acid groups (broad SMARTS) is 2. The van der Waals surface area contributed by atoms with Gasteiger partial charge in [-0.3, -0.25) is 9.59 Å². The lowest BCUT2D eigenvalue weighted by molar-refractivity contribution is -0.139. The molecule has 0 bridgehead atoms. The van der Waals surface area contributed by atoms with E-state index in [1.807, 2.05) is 30.3 Å². The minimum Gasteiger partial charge on any atom is -0.508 e. The average molecular weight is 674 g/mol. The van der Waals surface area contributed by atoms with E-state index in [-0.39, 0.29) is 29.4 Å². The molecule has 5 aromatic carbocycles. The Labute approximate surface area is 284 Å². The lowest BCUT2D eigenvalue weighted by Crippen LogP contribution is -2.32. The van der Waals surface area contributed by atoms with Crippen LogP contribution < -0.4 is 28.7 Å².